The van der Waals surface area contributed by atoms with Gasteiger partial charge in [0, 0.05) is 5.56 Å². The quantitative estimate of drug-likeness (QED) is 0.555. The molecule has 0 fully saturated rings. The molecule has 17 heavy (non-hydrogen) atoms. The van der Waals surface area contributed by atoms with Crippen LogP contribution in [0.5, 0.6) is 0 Å². The Kier molecular flexibility index (Phi) is 5.35. The highest BCUT2D eigenvalue weighted by molar-refractivity contribution is 7.91. The third-order valence-electron chi connectivity index (χ3n) is 2.64. The number of benzene rings is 1. The van der Waals surface area contributed by atoms with Crippen LogP contribution in [0.2, 0.25) is 0 Å². The number of rotatable bonds is 7. The Morgan fingerprint density at radius 2 is 1.71 bits per heavy atom. The van der Waals surface area contributed by atoms with Crippen molar-refractivity contribution in [3.8, 4) is 0 Å². The topological polar surface area (TPSA) is 51.2 Å². The molecule has 0 N–H and O–H groups in total. The van der Waals surface area contributed by atoms with Crippen LogP contribution < -0.4 is 0 Å². The Hall–Kier alpha value is -1.16. The van der Waals surface area contributed by atoms with Crippen molar-refractivity contribution >= 4 is 16.1 Å². The van der Waals surface area contributed by atoms with E-state index in [1.807, 2.05) is 0 Å². The van der Waals surface area contributed by atoms with E-state index in [9.17, 15) is 13.2 Å². The molecule has 0 saturated heterocycles. The monoisotopic (exact) mass is 254 g/mol. The van der Waals surface area contributed by atoms with Gasteiger partial charge in [-0.2, -0.15) is 0 Å². The molecule has 0 radical (unpaired) electrons. The maximum atomic E-state index is 11.9. The van der Waals surface area contributed by atoms with Gasteiger partial charge in [0.15, 0.2) is 9.84 Å². The lowest BCUT2D eigenvalue weighted by Crippen LogP contribution is -2.06. The number of carbonyl (C=O) groups excluding carboxylic acids is 1. The number of aldehydes is 1. The normalized spacial score (nSPS) is 11.4. The second-order valence-corrected chi connectivity index (χ2v) is 6.18. The predicted octanol–water partition coefficient (Wildman–Crippen LogP) is 2.85. The molecule has 0 aliphatic heterocycles. The van der Waals surface area contributed by atoms with E-state index in [0.717, 1.165) is 19.3 Å². The third kappa shape index (κ3) is 4.30. The number of hydrogen-bond acceptors (Lipinski definition) is 3. The molecule has 0 saturated carbocycles. The zero-order chi connectivity index (χ0) is 12.7. The Morgan fingerprint density at radius 1 is 1.06 bits per heavy atom. The summed E-state index contributed by atoms with van der Waals surface area (Å²) in [6, 6.07) is 6.07. The fraction of sp³-hybridized carbons (Fsp3) is 0.462. The highest BCUT2D eigenvalue weighted by Crippen LogP contribution is 2.14. The van der Waals surface area contributed by atoms with Crippen LogP contribution in [-0.2, 0) is 9.84 Å². The van der Waals surface area contributed by atoms with Crippen LogP contribution in [0.15, 0.2) is 29.2 Å². The van der Waals surface area contributed by atoms with Crippen LogP contribution in [0.25, 0.3) is 0 Å². The second-order valence-electron chi connectivity index (χ2n) is 4.07. The zero-order valence-corrected chi connectivity index (χ0v) is 10.9. The van der Waals surface area contributed by atoms with Crippen LogP contribution in [-0.4, -0.2) is 20.5 Å². The maximum absolute atomic E-state index is 11.9. The lowest BCUT2D eigenvalue weighted by Gasteiger charge is -2.04. The van der Waals surface area contributed by atoms with Crippen molar-refractivity contribution < 1.29 is 13.2 Å². The summed E-state index contributed by atoms with van der Waals surface area (Å²) in [6.07, 6.45) is 4.51. The molecule has 4 heteroatoms. The SMILES string of the molecule is CCCCCCS(=O)(=O)c1ccc(C=O)cc1. The standard InChI is InChI=1S/C13H18O3S/c1-2-3-4-5-10-17(15,16)13-8-6-12(11-14)7-9-13/h6-9,11H,2-5,10H2,1H3. The van der Waals surface area contributed by atoms with Crippen molar-refractivity contribution in [2.45, 2.75) is 37.5 Å². The molecule has 1 rings (SSSR count). The summed E-state index contributed by atoms with van der Waals surface area (Å²) in [5.41, 5.74) is 0.495. The van der Waals surface area contributed by atoms with Crippen LogP contribution >= 0.6 is 0 Å². The first-order valence-corrected chi connectivity index (χ1v) is 7.53. The van der Waals surface area contributed by atoms with Crippen molar-refractivity contribution in [2.24, 2.45) is 0 Å². The van der Waals surface area contributed by atoms with Crippen molar-refractivity contribution in [2.75, 3.05) is 5.75 Å². The fourth-order valence-corrected chi connectivity index (χ4v) is 2.96. The molecular formula is C13H18O3S. The number of hydrogen-bond donors (Lipinski definition) is 0. The molecule has 0 heterocycles. The lowest BCUT2D eigenvalue weighted by molar-refractivity contribution is 0.112. The molecule has 1 aromatic rings. The number of carbonyl (C=O) groups is 1. The van der Waals surface area contributed by atoms with Crippen LogP contribution in [0.3, 0.4) is 0 Å². The van der Waals surface area contributed by atoms with E-state index < -0.39 is 9.84 Å². The van der Waals surface area contributed by atoms with E-state index in [-0.39, 0.29) is 5.75 Å². The van der Waals surface area contributed by atoms with E-state index >= 15 is 0 Å². The first kappa shape index (κ1) is 13.9. The molecule has 0 atom stereocenters. The zero-order valence-electron chi connectivity index (χ0n) is 10.1. The summed E-state index contributed by atoms with van der Waals surface area (Å²) in [5.74, 6) is 0.188. The Labute approximate surface area is 103 Å². The van der Waals surface area contributed by atoms with Crippen LogP contribution in [0.4, 0.5) is 0 Å². The Bertz CT molecular complexity index is 446. The summed E-state index contributed by atoms with van der Waals surface area (Å²) in [7, 11) is -3.18. The molecule has 0 aliphatic rings. The first-order valence-electron chi connectivity index (χ1n) is 5.88. The molecule has 0 aliphatic carbocycles. The molecule has 0 amide bonds. The molecule has 0 spiro atoms. The van der Waals surface area contributed by atoms with Crippen LogP contribution in [0.1, 0.15) is 43.0 Å². The largest absolute Gasteiger partial charge is 0.298 e. The summed E-state index contributed by atoms with van der Waals surface area (Å²) in [5, 5.41) is 0. The van der Waals surface area contributed by atoms with Gasteiger partial charge in [0.1, 0.15) is 6.29 Å². The van der Waals surface area contributed by atoms with Crippen molar-refractivity contribution in [1.82, 2.24) is 0 Å². The molecule has 0 aromatic heterocycles. The van der Waals surface area contributed by atoms with E-state index in [2.05, 4.69) is 6.92 Å². The highest BCUT2D eigenvalue weighted by atomic mass is 32.2. The van der Waals surface area contributed by atoms with E-state index in [1.54, 1.807) is 0 Å². The Morgan fingerprint density at radius 3 is 2.24 bits per heavy atom. The summed E-state index contributed by atoms with van der Waals surface area (Å²) in [6.45, 7) is 2.09. The molecule has 0 unspecified atom stereocenters. The van der Waals surface area contributed by atoms with Crippen molar-refractivity contribution in [3.63, 3.8) is 0 Å². The van der Waals surface area contributed by atoms with Gasteiger partial charge in [0.25, 0.3) is 0 Å². The van der Waals surface area contributed by atoms with Gasteiger partial charge in [0.2, 0.25) is 0 Å². The summed E-state index contributed by atoms with van der Waals surface area (Å²) < 4.78 is 23.8. The van der Waals surface area contributed by atoms with Crippen molar-refractivity contribution in [3.05, 3.63) is 29.8 Å². The number of sulfone groups is 1. The maximum Gasteiger partial charge on any atom is 0.178 e. The molecular weight excluding hydrogens is 236 g/mol. The molecule has 94 valence electrons. The third-order valence-corrected chi connectivity index (χ3v) is 4.46. The van der Waals surface area contributed by atoms with Gasteiger partial charge >= 0.3 is 0 Å². The van der Waals surface area contributed by atoms with E-state index in [1.165, 1.54) is 24.3 Å². The fourth-order valence-electron chi connectivity index (χ4n) is 1.59. The van der Waals surface area contributed by atoms with Gasteiger partial charge in [-0.25, -0.2) is 8.42 Å². The van der Waals surface area contributed by atoms with E-state index in [4.69, 9.17) is 0 Å². The average Bonchev–Trinajstić information content (AvgIpc) is 2.35. The Balaban J connectivity index is 2.65. The first-order chi connectivity index (χ1) is 8.10. The highest BCUT2D eigenvalue weighted by Gasteiger charge is 2.13. The minimum Gasteiger partial charge on any atom is -0.298 e. The smallest absolute Gasteiger partial charge is 0.178 e. The number of unbranched alkanes of at least 4 members (excludes halogenated alkanes) is 3. The molecule has 0 bridgehead atoms. The lowest BCUT2D eigenvalue weighted by atomic mass is 10.2. The van der Waals surface area contributed by atoms with E-state index in [0.29, 0.717) is 23.2 Å². The van der Waals surface area contributed by atoms with Gasteiger partial charge in [-0.05, 0) is 18.6 Å². The predicted molar refractivity (Wildman–Crippen MR) is 68.0 cm³/mol. The second kappa shape index (κ2) is 6.55. The molecule has 1 aromatic carbocycles. The summed E-state index contributed by atoms with van der Waals surface area (Å²) >= 11 is 0. The summed E-state index contributed by atoms with van der Waals surface area (Å²) in [4.78, 5) is 10.8. The van der Waals surface area contributed by atoms with Gasteiger partial charge in [-0.1, -0.05) is 38.3 Å². The van der Waals surface area contributed by atoms with Crippen molar-refractivity contribution in [1.29, 1.82) is 0 Å². The van der Waals surface area contributed by atoms with Gasteiger partial charge in [-0.3, -0.25) is 4.79 Å². The molecule has 3 nitrogen and oxygen atoms in total. The van der Waals surface area contributed by atoms with Gasteiger partial charge < -0.3 is 0 Å². The average molecular weight is 254 g/mol. The van der Waals surface area contributed by atoms with Gasteiger partial charge in [0.05, 0.1) is 10.6 Å². The minimum atomic E-state index is -3.18. The van der Waals surface area contributed by atoms with Gasteiger partial charge in [-0.15, -0.1) is 0 Å². The van der Waals surface area contributed by atoms with Crippen LogP contribution in [0, 0.1) is 0 Å². The minimum absolute atomic E-state index is 0.188.